The topological polar surface area (TPSA) is 158 Å². The minimum atomic E-state index is -3.12. The molecule has 40 heavy (non-hydrogen) atoms. The molecule has 2 aromatic carbocycles. The van der Waals surface area contributed by atoms with Gasteiger partial charge in [0.15, 0.2) is 6.61 Å². The van der Waals surface area contributed by atoms with E-state index in [1.807, 2.05) is 6.92 Å². The number of ether oxygens (including phenoxy) is 2. The van der Waals surface area contributed by atoms with Crippen molar-refractivity contribution >= 4 is 46.0 Å². The Bertz CT molecular complexity index is 1300. The van der Waals surface area contributed by atoms with E-state index in [2.05, 4.69) is 4.98 Å². The Morgan fingerprint density at radius 3 is 2.30 bits per heavy atom. The first-order chi connectivity index (χ1) is 19.0. The number of hydrogen-bond acceptors (Lipinski definition) is 7. The molecule has 0 unspecified atom stereocenters. The average molecular weight is 602 g/mol. The molecule has 0 spiro atoms. The van der Waals surface area contributed by atoms with E-state index in [-0.39, 0.29) is 33.8 Å². The van der Waals surface area contributed by atoms with Crippen LogP contribution in [0.5, 0.6) is 11.5 Å². The van der Waals surface area contributed by atoms with E-state index in [4.69, 9.17) is 54.4 Å². The summed E-state index contributed by atoms with van der Waals surface area (Å²) in [5.41, 5.74) is 12.4. The summed E-state index contributed by atoms with van der Waals surface area (Å²) >= 11 is 12.2. The number of aliphatic carboxylic acids is 2. The zero-order chi connectivity index (χ0) is 29.8. The van der Waals surface area contributed by atoms with Crippen molar-refractivity contribution in [3.8, 4) is 11.5 Å². The number of aryl methyl sites for hydroxylation is 1. The van der Waals surface area contributed by atoms with Crippen molar-refractivity contribution in [1.82, 2.24) is 4.98 Å². The molecule has 0 fully saturated rings. The third-order valence-corrected chi connectivity index (χ3v) is 6.22. The number of aromatic nitrogens is 1. The highest BCUT2D eigenvalue weighted by Crippen LogP contribution is 2.42. The van der Waals surface area contributed by atoms with E-state index in [9.17, 15) is 18.4 Å². The van der Waals surface area contributed by atoms with E-state index < -0.39 is 31.2 Å². The lowest BCUT2D eigenvalue weighted by Gasteiger charge is -2.19. The van der Waals surface area contributed by atoms with E-state index >= 15 is 0 Å². The first-order valence-corrected chi connectivity index (χ1v) is 13.1. The van der Waals surface area contributed by atoms with Gasteiger partial charge in [-0.2, -0.15) is 8.78 Å². The lowest BCUT2D eigenvalue weighted by atomic mass is 9.98. The number of rotatable bonds is 13. The Balaban J connectivity index is 0.000000478. The fourth-order valence-corrected chi connectivity index (χ4v) is 4.08. The Kier molecular flexibility index (Phi) is 13.3. The van der Waals surface area contributed by atoms with Gasteiger partial charge in [-0.05, 0) is 55.6 Å². The van der Waals surface area contributed by atoms with Gasteiger partial charge in [0.2, 0.25) is 0 Å². The third kappa shape index (κ3) is 9.74. The van der Waals surface area contributed by atoms with Crippen LogP contribution < -0.4 is 20.9 Å². The van der Waals surface area contributed by atoms with Crippen molar-refractivity contribution in [1.29, 1.82) is 0 Å². The van der Waals surface area contributed by atoms with Gasteiger partial charge in [-0.3, -0.25) is 9.78 Å². The Hall–Kier alpha value is -3.25. The quantitative estimate of drug-likeness (QED) is 0.191. The highest BCUT2D eigenvalue weighted by Gasteiger charge is 2.24. The number of carboxylic acid groups (broad SMARTS) is 2. The van der Waals surface area contributed by atoms with E-state index in [1.165, 1.54) is 12.1 Å². The van der Waals surface area contributed by atoms with Crippen LogP contribution >= 0.6 is 23.2 Å². The van der Waals surface area contributed by atoms with Gasteiger partial charge in [0.1, 0.15) is 17.5 Å². The summed E-state index contributed by atoms with van der Waals surface area (Å²) in [6.07, 6.45) is 2.85. The molecular formula is C27H31Cl2F2N3O6. The summed E-state index contributed by atoms with van der Waals surface area (Å²) in [5.74, 6) is -2.24. The minimum absolute atomic E-state index is 0.0416. The lowest BCUT2D eigenvalue weighted by molar-refractivity contribution is -0.140. The Labute approximate surface area is 240 Å². The first-order valence-electron chi connectivity index (χ1n) is 12.3. The molecule has 0 bridgehead atoms. The summed E-state index contributed by atoms with van der Waals surface area (Å²) < 4.78 is 37.0. The zero-order valence-electron chi connectivity index (χ0n) is 21.7. The monoisotopic (exact) mass is 601 g/mol. The molecule has 1 atom stereocenters. The molecule has 3 aromatic rings. The largest absolute Gasteiger partial charge is 0.481 e. The van der Waals surface area contributed by atoms with Gasteiger partial charge in [-0.15, -0.1) is 0 Å². The van der Waals surface area contributed by atoms with Crippen molar-refractivity contribution in [3.63, 3.8) is 0 Å². The van der Waals surface area contributed by atoms with Crippen LogP contribution in [0.1, 0.15) is 43.0 Å². The van der Waals surface area contributed by atoms with Gasteiger partial charge in [0.25, 0.3) is 0 Å². The number of fused-ring (bicyclic) bond motifs is 1. The molecule has 13 heteroatoms. The van der Waals surface area contributed by atoms with Crippen LogP contribution in [0.25, 0.3) is 10.9 Å². The highest BCUT2D eigenvalue weighted by molar-refractivity contribution is 6.35. The van der Waals surface area contributed by atoms with Gasteiger partial charge < -0.3 is 31.2 Å². The molecule has 0 aliphatic carbocycles. The first kappa shape index (κ1) is 33.0. The zero-order valence-corrected chi connectivity index (χ0v) is 23.2. The van der Waals surface area contributed by atoms with Crippen molar-refractivity contribution in [2.24, 2.45) is 11.5 Å². The molecule has 1 heterocycles. The summed E-state index contributed by atoms with van der Waals surface area (Å²) in [6.45, 7) is -1.33. The van der Waals surface area contributed by atoms with E-state index in [0.29, 0.717) is 35.7 Å². The number of unbranched alkanes of at least 4 members (excludes halogenated alkanes) is 1. The number of nitrogens with two attached hydrogens (primary N) is 2. The molecule has 0 aliphatic rings. The molecule has 0 amide bonds. The number of halogens is 4. The second-order valence-corrected chi connectivity index (χ2v) is 9.43. The van der Waals surface area contributed by atoms with Crippen LogP contribution in [0.4, 0.5) is 8.78 Å². The van der Waals surface area contributed by atoms with Crippen LogP contribution in [-0.2, 0) is 22.4 Å². The summed E-state index contributed by atoms with van der Waals surface area (Å²) in [7, 11) is 0. The summed E-state index contributed by atoms with van der Waals surface area (Å²) in [4.78, 5) is 25.6. The maximum absolute atomic E-state index is 13.4. The van der Waals surface area contributed by atoms with Gasteiger partial charge in [-0.1, -0.05) is 48.7 Å². The molecule has 0 aliphatic heterocycles. The number of alkyl halides is 2. The maximum atomic E-state index is 13.4. The smallest absolute Gasteiger partial charge is 0.387 e. The van der Waals surface area contributed by atoms with Gasteiger partial charge in [-0.25, -0.2) is 4.79 Å². The van der Waals surface area contributed by atoms with Gasteiger partial charge in [0.05, 0.1) is 15.9 Å². The predicted octanol–water partition coefficient (Wildman–Crippen LogP) is 5.29. The summed E-state index contributed by atoms with van der Waals surface area (Å²) in [5, 5.41) is 18.1. The van der Waals surface area contributed by atoms with Gasteiger partial charge >= 0.3 is 18.6 Å². The van der Waals surface area contributed by atoms with Gasteiger partial charge in [0, 0.05) is 22.7 Å². The standard InChI is InChI=1S/C21H17Cl2F2NO4.C6H14N2O2/c1-2-15-13(9-11-3-5-12(22)6-4-11)20(30-21(24)25)18-16(29-10-17(27)28)8-7-14(23)19(18)26-15;7-4-2-1-3-5(8)6(9)10/h3-8,21H,2,9-10H2,1H3,(H,27,28);5H,1-4,7-8H2,(H,9,10)/t;5-/m.0/s1. The Morgan fingerprint density at radius 1 is 1.07 bits per heavy atom. The molecule has 3 rings (SSSR count). The van der Waals surface area contributed by atoms with Crippen LogP contribution in [0.2, 0.25) is 10.0 Å². The summed E-state index contributed by atoms with van der Waals surface area (Å²) in [6, 6.07) is 9.11. The van der Waals surface area contributed by atoms with Crippen molar-refractivity contribution in [2.45, 2.75) is 51.7 Å². The second kappa shape index (κ2) is 16.1. The van der Waals surface area contributed by atoms with Crippen LogP contribution in [0.3, 0.4) is 0 Å². The van der Waals surface area contributed by atoms with Crippen molar-refractivity contribution < 1.29 is 38.1 Å². The number of benzene rings is 2. The molecule has 6 N–H and O–H groups in total. The fourth-order valence-electron chi connectivity index (χ4n) is 3.75. The molecule has 0 saturated heterocycles. The fraction of sp³-hybridized carbons (Fsp3) is 0.370. The molecular weight excluding hydrogens is 571 g/mol. The highest BCUT2D eigenvalue weighted by atomic mass is 35.5. The molecule has 1 aromatic heterocycles. The third-order valence-electron chi connectivity index (χ3n) is 5.66. The van der Waals surface area contributed by atoms with E-state index in [1.54, 1.807) is 24.3 Å². The number of pyridine rings is 1. The maximum Gasteiger partial charge on any atom is 0.387 e. The normalized spacial score (nSPS) is 11.6. The molecule has 9 nitrogen and oxygen atoms in total. The number of hydrogen-bond donors (Lipinski definition) is 4. The Morgan fingerprint density at radius 2 is 1.75 bits per heavy atom. The number of carbonyl (C=O) groups is 2. The molecule has 0 saturated carbocycles. The molecule has 218 valence electrons. The average Bonchev–Trinajstić information content (AvgIpc) is 2.90. The van der Waals surface area contributed by atoms with Crippen LogP contribution in [-0.4, -0.2) is 52.9 Å². The second-order valence-electron chi connectivity index (χ2n) is 8.58. The van der Waals surface area contributed by atoms with Crippen molar-refractivity contribution in [3.05, 3.63) is 63.3 Å². The number of nitrogens with zero attached hydrogens (tertiary/aromatic N) is 1. The van der Waals surface area contributed by atoms with Crippen molar-refractivity contribution in [2.75, 3.05) is 13.2 Å². The number of carboxylic acids is 2. The van der Waals surface area contributed by atoms with E-state index in [0.717, 1.165) is 18.4 Å². The molecule has 0 radical (unpaired) electrons. The van der Waals surface area contributed by atoms with Crippen LogP contribution in [0, 0.1) is 0 Å². The predicted molar refractivity (Wildman–Crippen MR) is 149 cm³/mol. The SMILES string of the molecule is CCc1nc2c(Cl)ccc(OCC(=O)O)c2c(OC(F)F)c1Cc1ccc(Cl)cc1.NCCCC[C@H](N)C(=O)O. The minimum Gasteiger partial charge on any atom is -0.481 e. The van der Waals surface area contributed by atoms with Crippen LogP contribution in [0.15, 0.2) is 36.4 Å². The lowest BCUT2D eigenvalue weighted by Crippen LogP contribution is -2.29.